The molecule has 0 saturated carbocycles. The molecule has 87 heavy (non-hydrogen) atoms. The molecule has 0 saturated heterocycles. The highest BCUT2D eigenvalue weighted by Crippen LogP contribution is 2.52. The average Bonchev–Trinajstić information content (AvgIpc) is 1.21. The molecule has 0 amide bonds. The van der Waals surface area contributed by atoms with E-state index in [0.717, 1.165) is 21.5 Å². The number of benzene rings is 18. The first kappa shape index (κ1) is 42.0. The fourth-order valence-corrected chi connectivity index (χ4v) is 14.9. The van der Waals surface area contributed by atoms with Crippen molar-refractivity contribution in [2.45, 2.75) is 19.3 Å². The fraction of sp³-hybridized carbons (Fsp3) is 0.0345. The van der Waals surface area contributed by atoms with Crippen LogP contribution in [0.25, 0.3) is 174 Å². The lowest BCUT2D eigenvalue weighted by Gasteiger charge is -2.23. The predicted molar refractivity (Wildman–Crippen MR) is 375 cm³/mol. The van der Waals surface area contributed by atoms with Crippen molar-refractivity contribution in [1.29, 1.82) is 0 Å². The monoisotopic (exact) mass is 1110 g/mol. The van der Waals surface area contributed by atoms with Crippen LogP contribution in [-0.4, -0.2) is 0 Å². The van der Waals surface area contributed by atoms with Crippen LogP contribution in [0.2, 0.25) is 0 Å². The lowest BCUT2D eigenvalue weighted by atomic mass is 9.80. The van der Waals surface area contributed by atoms with Gasteiger partial charge in [0.05, 0.1) is 11.0 Å². The summed E-state index contributed by atoms with van der Waals surface area (Å²) in [5, 5.41) is 20.4. The maximum atomic E-state index is 9.13. The first-order valence-corrected chi connectivity index (χ1v) is 29.9. The molecule has 0 bridgehead atoms. The molecule has 0 heteroatoms. The van der Waals surface area contributed by atoms with Crippen LogP contribution in [0.5, 0.6) is 0 Å². The fourth-order valence-electron chi connectivity index (χ4n) is 14.9. The molecule has 0 N–H and O–H groups in total. The molecule has 1 aliphatic rings. The van der Waals surface area contributed by atoms with E-state index in [1.165, 1.54) is 120 Å². The molecule has 0 unspecified atom stereocenters. The van der Waals surface area contributed by atoms with Gasteiger partial charge in [-0.2, -0.15) is 0 Å². The van der Waals surface area contributed by atoms with Gasteiger partial charge in [-0.05, 0) is 204 Å². The summed E-state index contributed by atoms with van der Waals surface area (Å²) in [5.74, 6) is 0. The topological polar surface area (TPSA) is 0 Å². The predicted octanol–water partition coefficient (Wildman–Crippen LogP) is 24.4. The zero-order valence-electron chi connectivity index (χ0n) is 55.7. The van der Waals surface area contributed by atoms with Crippen LogP contribution in [0.3, 0.4) is 0 Å². The van der Waals surface area contributed by atoms with Crippen LogP contribution in [0.4, 0.5) is 0 Å². The Hall–Kier alpha value is -10.9. The van der Waals surface area contributed by atoms with Gasteiger partial charge in [-0.15, -0.1) is 0 Å². The summed E-state index contributed by atoms with van der Waals surface area (Å²) in [6, 6.07) is 88.2. The van der Waals surface area contributed by atoms with E-state index >= 15 is 0 Å². The summed E-state index contributed by atoms with van der Waals surface area (Å²) in [5.41, 5.74) is 14.9. The van der Waals surface area contributed by atoms with Crippen LogP contribution in [-0.2, 0) is 5.41 Å². The van der Waals surface area contributed by atoms with Crippen molar-refractivity contribution in [2.75, 3.05) is 0 Å². The Morgan fingerprint density at radius 3 is 1.22 bits per heavy atom. The summed E-state index contributed by atoms with van der Waals surface area (Å²) in [6.45, 7) is 4.79. The van der Waals surface area contributed by atoms with Gasteiger partial charge in [0, 0.05) is 5.41 Å². The molecule has 0 heterocycles. The van der Waals surface area contributed by atoms with Crippen LogP contribution in [0, 0.1) is 0 Å². The Morgan fingerprint density at radius 1 is 0.230 bits per heavy atom. The zero-order valence-corrected chi connectivity index (χ0v) is 47.7. The van der Waals surface area contributed by atoms with Crippen LogP contribution >= 0.6 is 0 Å². The lowest BCUT2D eigenvalue weighted by Crippen LogP contribution is -2.15. The van der Waals surface area contributed by atoms with E-state index in [0.29, 0.717) is 22.3 Å². The molecule has 19 rings (SSSR count). The average molecular weight is 1110 g/mol. The minimum Gasteiger partial charge on any atom is -0.0616 e. The summed E-state index contributed by atoms with van der Waals surface area (Å²) >= 11 is 0. The van der Waals surface area contributed by atoms with E-state index in [-0.39, 0.29) is 51.1 Å². The number of fused-ring (bicyclic) bond motifs is 7. The van der Waals surface area contributed by atoms with Gasteiger partial charge in [0.25, 0.3) is 0 Å². The quantitative estimate of drug-likeness (QED) is 0.119. The van der Waals surface area contributed by atoms with Crippen molar-refractivity contribution in [3.63, 3.8) is 0 Å². The first-order chi connectivity index (χ1) is 46.2. The molecule has 18 aromatic rings. The van der Waals surface area contributed by atoms with E-state index in [9.17, 15) is 0 Å². The first-order valence-electron chi connectivity index (χ1n) is 33.9. The van der Waals surface area contributed by atoms with Gasteiger partial charge in [-0.3, -0.25) is 0 Å². The zero-order chi connectivity index (χ0) is 64.4. The molecule has 0 spiro atoms. The molecule has 0 radical (unpaired) electrons. The number of hydrogen-bond donors (Lipinski definition) is 0. The van der Waals surface area contributed by atoms with Gasteiger partial charge in [-0.25, -0.2) is 0 Å². The third-order valence-corrected chi connectivity index (χ3v) is 19.0. The van der Waals surface area contributed by atoms with Crippen molar-refractivity contribution in [3.8, 4) is 66.8 Å². The van der Waals surface area contributed by atoms with E-state index in [1.807, 2.05) is 84.9 Å². The molecule has 0 nitrogen and oxygen atoms in total. The van der Waals surface area contributed by atoms with Crippen molar-refractivity contribution in [2.24, 2.45) is 0 Å². The molecule has 0 atom stereocenters. The van der Waals surface area contributed by atoms with Crippen LogP contribution in [0.15, 0.2) is 303 Å². The summed E-state index contributed by atoms with van der Waals surface area (Å²) in [7, 11) is 0. The largest absolute Gasteiger partial charge is 0.0629 e. The van der Waals surface area contributed by atoms with Crippen LogP contribution in [0.1, 0.15) is 35.9 Å². The molecule has 0 aromatic heterocycles. The van der Waals surface area contributed by atoms with E-state index in [4.69, 9.17) is 11.0 Å². The van der Waals surface area contributed by atoms with Gasteiger partial charge in [-0.1, -0.05) is 299 Å². The maximum Gasteiger partial charge on any atom is 0.0629 e. The molecule has 404 valence electrons. The highest BCUT2D eigenvalue weighted by Gasteiger charge is 2.36. The lowest BCUT2D eigenvalue weighted by molar-refractivity contribution is 0.661. The highest BCUT2D eigenvalue weighted by molar-refractivity contribution is 6.28. The second kappa shape index (κ2) is 19.0. The smallest absolute Gasteiger partial charge is 0.0616 e. The third kappa shape index (κ3) is 7.57. The normalized spacial score (nSPS) is 14.1. The molecule has 18 aromatic carbocycles. The van der Waals surface area contributed by atoms with E-state index < -0.39 is 24.2 Å². The third-order valence-electron chi connectivity index (χ3n) is 19.0. The van der Waals surface area contributed by atoms with Crippen molar-refractivity contribution in [3.05, 3.63) is 314 Å². The Balaban J connectivity index is 0.000000143. The summed E-state index contributed by atoms with van der Waals surface area (Å²) in [4.78, 5) is 0. The molecule has 0 aliphatic heterocycles. The summed E-state index contributed by atoms with van der Waals surface area (Å²) in [6.07, 6.45) is 0. The SMILES string of the molecule is CC1(C)c2cc(-c3ccc(-c4ccc5ccc6cccc7ccc4c5c67)cc3)ccc2-c2ccc(-c3ccc4ccc5cccc6ccc3c4c56)cc21.[2H]c1c([2H])c([2H])c2c(-c3cccc4ccccc34)c3c([2H])c([2H])c([2H])c([2H])c3c(-c3ccc4ccccc4c3)c2c1[2H]. The molecule has 1 aliphatic carbocycles. The van der Waals surface area contributed by atoms with Crippen LogP contribution < -0.4 is 0 Å². The molecular formula is C87H56. The standard InChI is InChI=1S/C53H34.C34H22/c1-53(2)47-29-39(31-9-11-32(12-10-31)41-23-17-37-15-13-33-5-3-7-35-19-27-45(41)51(37)49(33)35)21-25-43(47)44-26-22-40(30-48(44)53)42-24-18-38-16-14-34-6-4-8-36-20-28-46(42)52(38)50(34)36;1-2-12-25-22-26(21-20-23(25)10-1)33-29-15-5-7-17-31(29)34(32-18-8-6-16-30(32)33)28-19-9-13-24-11-3-4-14-27(24)28/h3-30H,1-2H3;1-22H/i;5D,6D,7D,8D,15D,16D,17D,18D. The molecular weight excluding hydrogens is 1040 g/mol. The second-order valence-corrected chi connectivity index (χ2v) is 24.0. The van der Waals surface area contributed by atoms with Gasteiger partial charge in [0.1, 0.15) is 0 Å². The van der Waals surface area contributed by atoms with Crippen molar-refractivity contribution < 1.29 is 11.0 Å². The Morgan fingerprint density at radius 2 is 0.621 bits per heavy atom. The van der Waals surface area contributed by atoms with Gasteiger partial charge in [0.15, 0.2) is 0 Å². The maximum absolute atomic E-state index is 9.13. The van der Waals surface area contributed by atoms with Crippen molar-refractivity contribution >= 4 is 108 Å². The summed E-state index contributed by atoms with van der Waals surface area (Å²) < 4.78 is 70.9. The molecule has 0 fully saturated rings. The highest BCUT2D eigenvalue weighted by atomic mass is 14.4. The Kier molecular flexibility index (Phi) is 9.19. The van der Waals surface area contributed by atoms with Gasteiger partial charge in [0.2, 0.25) is 0 Å². The minimum absolute atomic E-state index is 0.123. The Labute approximate surface area is 516 Å². The van der Waals surface area contributed by atoms with E-state index in [2.05, 4.69) is 184 Å². The second-order valence-electron chi connectivity index (χ2n) is 24.0. The Bertz CT molecular complexity index is 6220. The van der Waals surface area contributed by atoms with Crippen molar-refractivity contribution in [1.82, 2.24) is 0 Å². The minimum atomic E-state index is -0.404. The number of rotatable bonds is 5. The number of hydrogen-bond acceptors (Lipinski definition) is 0. The van der Waals surface area contributed by atoms with Gasteiger partial charge < -0.3 is 0 Å². The van der Waals surface area contributed by atoms with Gasteiger partial charge >= 0.3 is 0 Å². The van der Waals surface area contributed by atoms with E-state index in [1.54, 1.807) is 0 Å².